The summed E-state index contributed by atoms with van der Waals surface area (Å²) in [6.07, 6.45) is -4.44. The Hall–Kier alpha value is -1.54. The van der Waals surface area contributed by atoms with Crippen molar-refractivity contribution in [3.63, 3.8) is 0 Å². The minimum atomic E-state index is -4.44. The van der Waals surface area contributed by atoms with Crippen molar-refractivity contribution in [1.82, 2.24) is 0 Å². The van der Waals surface area contributed by atoms with E-state index in [0.29, 0.717) is 5.56 Å². The second-order valence-corrected chi connectivity index (χ2v) is 2.96. The Balaban J connectivity index is 3.19. The summed E-state index contributed by atoms with van der Waals surface area (Å²) in [5, 5.41) is 8.56. The number of hydrogen-bond acceptors (Lipinski definition) is 2. The van der Waals surface area contributed by atoms with Gasteiger partial charge < -0.3 is 4.74 Å². The summed E-state index contributed by atoms with van der Waals surface area (Å²) in [6, 6.07) is 4.85. The van der Waals surface area contributed by atoms with Gasteiger partial charge in [-0.05, 0) is 23.8 Å². The fourth-order valence-corrected chi connectivity index (χ4v) is 1.17. The Labute approximate surface area is 84.9 Å². The van der Waals surface area contributed by atoms with Gasteiger partial charge in [-0.15, -0.1) is 0 Å². The normalized spacial score (nSPS) is 11.1. The predicted octanol–water partition coefficient (Wildman–Crippen LogP) is 2.72. The lowest BCUT2D eigenvalue weighted by molar-refractivity contribution is -0.137. The van der Waals surface area contributed by atoms with Crippen molar-refractivity contribution in [2.24, 2.45) is 0 Å². The molecule has 0 saturated carbocycles. The third kappa shape index (κ3) is 2.96. The lowest BCUT2D eigenvalue weighted by Gasteiger charge is -2.09. The molecule has 1 aromatic carbocycles. The van der Waals surface area contributed by atoms with Gasteiger partial charge in [0.15, 0.2) is 0 Å². The molecule has 0 aliphatic rings. The van der Waals surface area contributed by atoms with Gasteiger partial charge in [0.2, 0.25) is 0 Å². The Kier molecular flexibility index (Phi) is 3.32. The second kappa shape index (κ2) is 4.32. The maximum Gasteiger partial charge on any atom is 0.416 e. The highest BCUT2D eigenvalue weighted by Gasteiger charge is 2.31. The number of methoxy groups -OCH3 is 1. The van der Waals surface area contributed by atoms with Crippen LogP contribution in [0.2, 0.25) is 0 Å². The highest BCUT2D eigenvalue weighted by molar-refractivity contribution is 5.38. The zero-order valence-electron chi connectivity index (χ0n) is 7.93. The molecule has 5 heteroatoms. The topological polar surface area (TPSA) is 33.0 Å². The summed E-state index contributed by atoms with van der Waals surface area (Å²) >= 11 is 0. The number of ether oxygens (including phenoxy) is 1. The van der Waals surface area contributed by atoms with Crippen molar-refractivity contribution >= 4 is 0 Å². The maximum absolute atomic E-state index is 12.4. The number of nitrogens with zero attached hydrogens (tertiary/aromatic N) is 1. The molecule has 0 saturated heterocycles. The van der Waals surface area contributed by atoms with E-state index in [1.807, 2.05) is 0 Å². The fourth-order valence-electron chi connectivity index (χ4n) is 1.17. The number of alkyl halides is 3. The summed E-state index contributed by atoms with van der Waals surface area (Å²) in [4.78, 5) is 0. The molecule has 0 amide bonds. The van der Waals surface area contributed by atoms with Crippen molar-refractivity contribution in [1.29, 1.82) is 5.26 Å². The van der Waals surface area contributed by atoms with E-state index in [4.69, 9.17) is 10.00 Å². The van der Waals surface area contributed by atoms with Crippen LogP contribution < -0.4 is 0 Å². The molecule has 0 spiro atoms. The molecule has 80 valence electrons. The first-order chi connectivity index (χ1) is 6.97. The highest BCUT2D eigenvalue weighted by Crippen LogP contribution is 2.30. The molecule has 0 N–H and O–H groups in total. The van der Waals surface area contributed by atoms with Gasteiger partial charge in [-0.2, -0.15) is 18.4 Å². The Bertz CT molecular complexity index is 393. The van der Waals surface area contributed by atoms with Crippen LogP contribution in [0.15, 0.2) is 18.2 Å². The van der Waals surface area contributed by atoms with Gasteiger partial charge in [-0.25, -0.2) is 0 Å². The van der Waals surface area contributed by atoms with Crippen molar-refractivity contribution < 1.29 is 17.9 Å². The quantitative estimate of drug-likeness (QED) is 0.759. The molecule has 15 heavy (non-hydrogen) atoms. The van der Waals surface area contributed by atoms with Gasteiger partial charge in [0.05, 0.1) is 23.8 Å². The molecule has 0 aliphatic heterocycles. The van der Waals surface area contributed by atoms with Gasteiger partial charge in [-0.3, -0.25) is 0 Å². The molecule has 1 aromatic rings. The van der Waals surface area contributed by atoms with Crippen LogP contribution in [0.5, 0.6) is 0 Å². The molecule has 0 heterocycles. The van der Waals surface area contributed by atoms with Crippen LogP contribution >= 0.6 is 0 Å². The van der Waals surface area contributed by atoms with Gasteiger partial charge >= 0.3 is 6.18 Å². The maximum atomic E-state index is 12.4. The van der Waals surface area contributed by atoms with Gasteiger partial charge in [0, 0.05) is 7.11 Å². The molecular formula is C10H8F3NO. The Morgan fingerprint density at radius 1 is 1.33 bits per heavy atom. The molecule has 0 fully saturated rings. The smallest absolute Gasteiger partial charge is 0.380 e. The minimum Gasteiger partial charge on any atom is -0.380 e. The van der Waals surface area contributed by atoms with Gasteiger partial charge in [0.25, 0.3) is 0 Å². The van der Waals surface area contributed by atoms with Crippen LogP contribution in [-0.4, -0.2) is 7.11 Å². The lowest BCUT2D eigenvalue weighted by Crippen LogP contribution is -2.06. The summed E-state index contributed by atoms with van der Waals surface area (Å²) in [6.45, 7) is 0.0542. The third-order valence-electron chi connectivity index (χ3n) is 1.76. The van der Waals surface area contributed by atoms with Crippen molar-refractivity contribution in [3.8, 4) is 6.07 Å². The summed E-state index contributed by atoms with van der Waals surface area (Å²) < 4.78 is 41.8. The summed E-state index contributed by atoms with van der Waals surface area (Å²) in [7, 11) is 1.38. The number of benzene rings is 1. The Morgan fingerprint density at radius 2 is 2.00 bits per heavy atom. The van der Waals surface area contributed by atoms with Crippen molar-refractivity contribution in [2.75, 3.05) is 7.11 Å². The summed E-state index contributed by atoms with van der Waals surface area (Å²) in [5.74, 6) is 0. The largest absolute Gasteiger partial charge is 0.416 e. The van der Waals surface area contributed by atoms with Crippen LogP contribution in [0, 0.1) is 11.3 Å². The van der Waals surface area contributed by atoms with E-state index in [0.717, 1.165) is 12.1 Å². The first-order valence-electron chi connectivity index (χ1n) is 4.07. The molecular weight excluding hydrogens is 207 g/mol. The third-order valence-corrected chi connectivity index (χ3v) is 1.76. The molecule has 0 aromatic heterocycles. The standard InChI is InChI=1S/C10H8F3NO/c1-15-6-8-2-7(5-14)3-9(4-8)10(11,12)13/h2-4H,6H2,1H3. The fraction of sp³-hybridized carbons (Fsp3) is 0.300. The second-order valence-electron chi connectivity index (χ2n) is 2.96. The molecule has 1 rings (SSSR count). The van der Waals surface area contributed by atoms with E-state index in [1.165, 1.54) is 13.2 Å². The van der Waals surface area contributed by atoms with Crippen LogP contribution in [0.4, 0.5) is 13.2 Å². The van der Waals surface area contributed by atoms with E-state index in [2.05, 4.69) is 0 Å². The van der Waals surface area contributed by atoms with E-state index < -0.39 is 11.7 Å². The first-order valence-corrected chi connectivity index (χ1v) is 4.07. The van der Waals surface area contributed by atoms with Crippen LogP contribution in [-0.2, 0) is 17.5 Å². The number of rotatable bonds is 2. The SMILES string of the molecule is COCc1cc(C#N)cc(C(F)(F)F)c1. The number of nitriles is 1. The molecule has 0 radical (unpaired) electrons. The molecule has 2 nitrogen and oxygen atoms in total. The highest BCUT2D eigenvalue weighted by atomic mass is 19.4. The average molecular weight is 215 g/mol. The molecule has 0 atom stereocenters. The van der Waals surface area contributed by atoms with Crippen molar-refractivity contribution in [3.05, 3.63) is 34.9 Å². The van der Waals surface area contributed by atoms with E-state index in [1.54, 1.807) is 6.07 Å². The van der Waals surface area contributed by atoms with E-state index in [9.17, 15) is 13.2 Å². The predicted molar refractivity (Wildman–Crippen MR) is 46.9 cm³/mol. The van der Waals surface area contributed by atoms with Crippen LogP contribution in [0.3, 0.4) is 0 Å². The van der Waals surface area contributed by atoms with Gasteiger partial charge in [-0.1, -0.05) is 0 Å². The van der Waals surface area contributed by atoms with Crippen LogP contribution in [0.1, 0.15) is 16.7 Å². The van der Waals surface area contributed by atoms with E-state index in [-0.39, 0.29) is 12.2 Å². The zero-order valence-corrected chi connectivity index (χ0v) is 7.93. The average Bonchev–Trinajstić information content (AvgIpc) is 2.16. The van der Waals surface area contributed by atoms with Crippen molar-refractivity contribution in [2.45, 2.75) is 12.8 Å². The van der Waals surface area contributed by atoms with Gasteiger partial charge in [0.1, 0.15) is 0 Å². The Morgan fingerprint density at radius 3 is 2.47 bits per heavy atom. The van der Waals surface area contributed by atoms with Crippen LogP contribution in [0.25, 0.3) is 0 Å². The number of halogens is 3. The monoisotopic (exact) mass is 215 g/mol. The summed E-state index contributed by atoms with van der Waals surface area (Å²) in [5.41, 5.74) is -0.505. The number of hydrogen-bond donors (Lipinski definition) is 0. The lowest BCUT2D eigenvalue weighted by atomic mass is 10.1. The molecule has 0 bridgehead atoms. The minimum absolute atomic E-state index is 0.0168. The zero-order chi connectivity index (χ0) is 11.5. The molecule has 0 unspecified atom stereocenters. The first kappa shape index (κ1) is 11.5. The van der Waals surface area contributed by atoms with E-state index >= 15 is 0 Å². The molecule has 0 aliphatic carbocycles.